The van der Waals surface area contributed by atoms with E-state index in [1.165, 1.54) is 66.8 Å². The van der Waals surface area contributed by atoms with Gasteiger partial charge >= 0.3 is 0 Å². The largest absolute Gasteiger partial charge is 0.456 e. The maximum atomic E-state index is 11.2. The zero-order valence-electron chi connectivity index (χ0n) is 51.7. The maximum Gasteiger partial charge on any atom is 0.136 e. The van der Waals surface area contributed by atoms with Gasteiger partial charge in [-0.3, -0.25) is 0 Å². The van der Waals surface area contributed by atoms with Crippen LogP contribution in [0.15, 0.2) is 211 Å². The molecule has 0 atom stereocenters. The average Bonchev–Trinajstić information content (AvgIpc) is 1.61. The number of furan rings is 1. The highest BCUT2D eigenvalue weighted by atomic mass is 16.3. The summed E-state index contributed by atoms with van der Waals surface area (Å²) in [5.74, 6) is 0. The van der Waals surface area contributed by atoms with Gasteiger partial charge in [0.15, 0.2) is 0 Å². The Kier molecular flexibility index (Phi) is 13.1. The normalized spacial score (nSPS) is 11.5. The Balaban J connectivity index is 0.826. The summed E-state index contributed by atoms with van der Waals surface area (Å²) in [7, 11) is 0. The second kappa shape index (κ2) is 21.4. The molecule has 0 aliphatic carbocycles. The lowest BCUT2D eigenvalue weighted by atomic mass is 9.93. The van der Waals surface area contributed by atoms with Crippen LogP contribution in [-0.4, -0.2) is 9.13 Å². The topological polar surface area (TPSA) is 118 Å². The summed E-state index contributed by atoms with van der Waals surface area (Å²) >= 11 is 0. The molecule has 7 nitrogen and oxygen atoms in total. The monoisotopic (exact) mass is 1170 g/mol. The van der Waals surface area contributed by atoms with E-state index in [-0.39, 0.29) is 0 Å². The van der Waals surface area contributed by atoms with Crippen molar-refractivity contribution in [1.29, 1.82) is 21.0 Å². The fourth-order valence-corrected chi connectivity index (χ4v) is 14.8. The summed E-state index contributed by atoms with van der Waals surface area (Å²) < 4.78 is 10.9. The molecule has 15 rings (SSSR count). The highest BCUT2D eigenvalue weighted by Gasteiger charge is 2.25. The third kappa shape index (κ3) is 8.82. The third-order valence-electron chi connectivity index (χ3n) is 18.9. The lowest BCUT2D eigenvalue weighted by Crippen LogP contribution is -2.02. The van der Waals surface area contributed by atoms with E-state index >= 15 is 0 Å². The van der Waals surface area contributed by atoms with E-state index in [0.717, 1.165) is 87.8 Å². The number of nitrogens with zero attached hydrogens (tertiary/aromatic N) is 6. The van der Waals surface area contributed by atoms with Crippen molar-refractivity contribution in [2.75, 3.05) is 0 Å². The van der Waals surface area contributed by atoms with E-state index in [2.05, 4.69) is 234 Å². The van der Waals surface area contributed by atoms with Crippen LogP contribution in [0.2, 0.25) is 0 Å². The van der Waals surface area contributed by atoms with Crippen molar-refractivity contribution in [2.24, 2.45) is 0 Å². The van der Waals surface area contributed by atoms with E-state index < -0.39 is 0 Å². The molecule has 0 saturated heterocycles. The Labute approximate surface area is 528 Å². The van der Waals surface area contributed by atoms with Crippen LogP contribution in [0.4, 0.5) is 0 Å². The minimum atomic E-state index is 0.363. The van der Waals surface area contributed by atoms with Crippen LogP contribution >= 0.6 is 0 Å². The van der Waals surface area contributed by atoms with Crippen LogP contribution in [0.5, 0.6) is 0 Å². The van der Waals surface area contributed by atoms with Gasteiger partial charge in [0.1, 0.15) is 35.4 Å². The van der Waals surface area contributed by atoms with Gasteiger partial charge in [-0.25, -0.2) is 0 Å². The van der Waals surface area contributed by atoms with E-state index in [9.17, 15) is 21.0 Å². The van der Waals surface area contributed by atoms with Crippen molar-refractivity contribution in [3.8, 4) is 102 Å². The molecule has 0 fully saturated rings. The smallest absolute Gasteiger partial charge is 0.136 e. The van der Waals surface area contributed by atoms with E-state index in [4.69, 9.17) is 4.42 Å². The quantitative estimate of drug-likeness (QED) is 0.150. The Morgan fingerprint density at radius 2 is 0.495 bits per heavy atom. The molecule has 0 aliphatic rings. The van der Waals surface area contributed by atoms with E-state index in [0.29, 0.717) is 55.9 Å². The number of nitriles is 4. The van der Waals surface area contributed by atoms with Crippen LogP contribution in [-0.2, 0) is 0 Å². The number of rotatable bonds is 8. The van der Waals surface area contributed by atoms with Crippen molar-refractivity contribution in [3.05, 3.63) is 273 Å². The third-order valence-corrected chi connectivity index (χ3v) is 18.9. The summed E-state index contributed by atoms with van der Waals surface area (Å²) in [5.41, 5.74) is 29.0. The maximum absolute atomic E-state index is 11.2. The molecule has 430 valence electrons. The number of benzene rings is 12. The van der Waals surface area contributed by atoms with Crippen LogP contribution in [0.1, 0.15) is 66.8 Å². The molecule has 12 aromatic carbocycles. The highest BCUT2D eigenvalue weighted by Crippen LogP contribution is 2.45. The minimum absolute atomic E-state index is 0.363. The molecular weight excluding hydrogens is 1110 g/mol. The lowest BCUT2D eigenvalue weighted by Gasteiger charge is -2.15. The fraction of sp³-hybridized carbons (Fsp3) is 0.0952. The van der Waals surface area contributed by atoms with Gasteiger partial charge in [0, 0.05) is 32.3 Å². The van der Waals surface area contributed by atoms with Crippen LogP contribution in [0.25, 0.3) is 144 Å². The Hall–Kier alpha value is -12.0. The molecular formula is C84H58N6O. The second-order valence-electron chi connectivity index (χ2n) is 24.5. The molecule has 91 heavy (non-hydrogen) atoms. The summed E-state index contributed by atoms with van der Waals surface area (Å²) in [6.45, 7) is 17.2. The SMILES string of the molecule is Cc1cccc(C)c1-c1ccc2c(c1)c1cc(-c3c(C)cccc3C)ccc1n2-c1c(C#N)cc(-c2ccc3c(c2)oc2cc(-c4cc(C#N)c(-n5c6ccc(-c7c(C)cccc7C)cc6c6cc(-c7c(C)cccc7C)ccc65)c(C#N)c4)ccc23)cc1C#N. The number of aromatic nitrogens is 2. The van der Waals surface area contributed by atoms with Gasteiger partial charge in [0.2, 0.25) is 0 Å². The molecule has 0 N–H and O–H groups in total. The first-order chi connectivity index (χ1) is 44.2. The molecule has 3 heterocycles. The summed E-state index contributed by atoms with van der Waals surface area (Å²) in [5, 5.41) is 50.5. The van der Waals surface area contributed by atoms with Crippen molar-refractivity contribution >= 4 is 65.6 Å². The zero-order chi connectivity index (χ0) is 62.7. The molecule has 0 amide bonds. The number of hydrogen-bond donors (Lipinski definition) is 0. The summed E-state index contributed by atoms with van der Waals surface area (Å²) in [6.07, 6.45) is 0. The molecule has 7 heteroatoms. The lowest BCUT2D eigenvalue weighted by molar-refractivity contribution is 0.669. The van der Waals surface area contributed by atoms with Gasteiger partial charge in [-0.15, -0.1) is 0 Å². The first-order valence-corrected chi connectivity index (χ1v) is 30.6. The molecule has 0 unspecified atom stereocenters. The molecule has 0 saturated carbocycles. The summed E-state index contributed by atoms with van der Waals surface area (Å²) in [6, 6.07) is 81.3. The first kappa shape index (κ1) is 55.6. The molecule has 0 radical (unpaired) electrons. The van der Waals surface area contributed by atoms with Crippen LogP contribution in [0, 0.1) is 101 Å². The van der Waals surface area contributed by atoms with E-state index in [1.807, 2.05) is 60.7 Å². The van der Waals surface area contributed by atoms with Gasteiger partial charge in [-0.05, 0) is 264 Å². The van der Waals surface area contributed by atoms with Crippen molar-refractivity contribution in [2.45, 2.75) is 55.4 Å². The number of aryl methyl sites for hydroxylation is 8. The van der Waals surface area contributed by atoms with Crippen molar-refractivity contribution in [1.82, 2.24) is 9.13 Å². The molecule has 0 aliphatic heterocycles. The molecule has 15 aromatic rings. The van der Waals surface area contributed by atoms with Gasteiger partial charge in [-0.2, -0.15) is 21.0 Å². The minimum Gasteiger partial charge on any atom is -0.456 e. The number of hydrogen-bond acceptors (Lipinski definition) is 5. The molecule has 3 aromatic heterocycles. The van der Waals surface area contributed by atoms with Gasteiger partial charge in [-0.1, -0.05) is 109 Å². The predicted molar refractivity (Wildman–Crippen MR) is 372 cm³/mol. The Morgan fingerprint density at radius 1 is 0.253 bits per heavy atom. The van der Waals surface area contributed by atoms with Crippen molar-refractivity contribution in [3.63, 3.8) is 0 Å². The average molecular weight is 1170 g/mol. The first-order valence-electron chi connectivity index (χ1n) is 30.6. The molecule has 0 bridgehead atoms. The zero-order valence-corrected chi connectivity index (χ0v) is 51.7. The van der Waals surface area contributed by atoms with Gasteiger partial charge in [0.25, 0.3) is 0 Å². The standard InChI is InChI=1S/C84H58N6O/c1-47-13-9-14-48(2)79(47)57-23-29-73-69(37-57)70-38-58(80-49(3)15-10-16-50(80)4)24-30-74(70)89(73)83-63(43-85)33-61(34-64(83)44-86)55-21-27-67-68-28-22-56(42-78(68)91-77(67)41-55)62-35-65(45-87)84(66(36-62)46-88)90-75-31-25-59(81-51(5)17-11-18-52(81)6)39-71(75)72-40-60(26-32-76(72)90)82-53(7)19-12-20-54(82)8/h9-42H,1-8H3. The van der Waals surface area contributed by atoms with Gasteiger partial charge in [0.05, 0.1) is 55.7 Å². The molecule has 0 spiro atoms. The number of fused-ring (bicyclic) bond motifs is 9. The van der Waals surface area contributed by atoms with E-state index in [1.54, 1.807) is 0 Å². The van der Waals surface area contributed by atoms with Gasteiger partial charge < -0.3 is 13.6 Å². The Morgan fingerprint density at radius 3 is 0.736 bits per heavy atom. The second-order valence-corrected chi connectivity index (χ2v) is 24.5. The van der Waals surface area contributed by atoms with Crippen LogP contribution in [0.3, 0.4) is 0 Å². The Bertz CT molecular complexity index is 5140. The fourth-order valence-electron chi connectivity index (χ4n) is 14.8. The van der Waals surface area contributed by atoms with Crippen molar-refractivity contribution < 1.29 is 4.42 Å². The highest BCUT2D eigenvalue weighted by molar-refractivity contribution is 6.14. The van der Waals surface area contributed by atoms with Crippen LogP contribution < -0.4 is 0 Å². The predicted octanol–water partition coefficient (Wildman–Crippen LogP) is 21.7. The summed E-state index contributed by atoms with van der Waals surface area (Å²) in [4.78, 5) is 0.